The van der Waals surface area contributed by atoms with Crippen molar-refractivity contribution in [1.29, 1.82) is 0 Å². The Labute approximate surface area is 321 Å². The number of alkyl halides is 6. The quantitative estimate of drug-likeness (QED) is 0.0566. The van der Waals surface area contributed by atoms with Crippen LogP contribution in [-0.2, 0) is 15.3 Å². The fourth-order valence-electron chi connectivity index (χ4n) is 6.30. The average molecular weight is 807 g/mol. The van der Waals surface area contributed by atoms with E-state index in [1.165, 1.54) is 12.1 Å². The third-order valence-corrected chi connectivity index (χ3v) is 12.7. The summed E-state index contributed by atoms with van der Waals surface area (Å²) in [4.78, 5) is 25.5. The van der Waals surface area contributed by atoms with E-state index in [0.29, 0.717) is 42.8 Å². The Hall–Kier alpha value is -5.05. The molecule has 4 aromatic carbocycles. The van der Waals surface area contributed by atoms with Crippen LogP contribution in [0.1, 0.15) is 99.1 Å². The number of aromatic hydroxyl groups is 2. The van der Waals surface area contributed by atoms with E-state index in [1.807, 2.05) is 20.8 Å². The second-order valence-electron chi connectivity index (χ2n) is 14.2. The Morgan fingerprint density at radius 2 is 1.02 bits per heavy atom. The van der Waals surface area contributed by atoms with Crippen molar-refractivity contribution in [2.24, 2.45) is 5.41 Å². The molecule has 4 N–H and O–H groups in total. The summed E-state index contributed by atoms with van der Waals surface area (Å²) in [7, 11) is -4.30. The molecule has 4 aromatic rings. The number of hydrogen-bond acceptors (Lipinski definition) is 7. The second-order valence-corrected chi connectivity index (χ2v) is 16.2. The van der Waals surface area contributed by atoms with E-state index in [9.17, 15) is 54.6 Å². The number of phenolic OH excluding ortho intramolecular Hbond substituents is 2. The van der Waals surface area contributed by atoms with Crippen molar-refractivity contribution >= 4 is 32.9 Å². The molecule has 0 aliphatic heterocycles. The lowest BCUT2D eigenvalue weighted by molar-refractivity contribution is -0.288. The normalized spacial score (nSPS) is 13.0. The summed E-state index contributed by atoms with van der Waals surface area (Å²) in [6, 6.07) is 12.4. The van der Waals surface area contributed by atoms with Gasteiger partial charge in [-0.05, 0) is 80.1 Å². The van der Waals surface area contributed by atoms with Crippen LogP contribution in [0.3, 0.4) is 0 Å². The topological polar surface area (TPSA) is 133 Å². The minimum Gasteiger partial charge on any atom is -0.506 e. The number of rotatable bonds is 14. The van der Waals surface area contributed by atoms with E-state index in [0.717, 1.165) is 61.4 Å². The molecule has 0 fully saturated rings. The Morgan fingerprint density at radius 3 is 1.39 bits per heavy atom. The van der Waals surface area contributed by atoms with Crippen molar-refractivity contribution < 1.29 is 54.6 Å². The highest BCUT2D eigenvalue weighted by Gasteiger charge is 2.72. The number of Topliss-reactive ketones (excluding diaryl/α,β-unsaturated/α-hetero) is 1. The maximum absolute atomic E-state index is 14.8. The standard InChI is InChI=1S/C41H44F6N2O6S/c1-7-37(5,8-2)35(52)25-11-15-27(16-12-25)39(40(42,43)44,41(45,46)47)28-17-13-26(14-18-28)36(53)48-31-21-19-29(23-33(31)50)56(54,55)30-20-22-32(34(51)24-30)49-38(6,9-3)10-4/h11-24,49-51H,7-10H2,1-6H3,(H,48,53). The van der Waals surface area contributed by atoms with Crippen molar-refractivity contribution in [1.82, 2.24) is 0 Å². The molecule has 15 heteroatoms. The van der Waals surface area contributed by atoms with Crippen LogP contribution < -0.4 is 10.6 Å². The first kappa shape index (κ1) is 43.7. The number of nitrogens with one attached hydrogen (secondary N) is 2. The molecule has 0 aromatic heterocycles. The lowest BCUT2D eigenvalue weighted by Gasteiger charge is -2.38. The smallest absolute Gasteiger partial charge is 0.411 e. The largest absolute Gasteiger partial charge is 0.506 e. The van der Waals surface area contributed by atoms with Crippen LogP contribution in [0.5, 0.6) is 11.5 Å². The maximum Gasteiger partial charge on any atom is 0.411 e. The van der Waals surface area contributed by atoms with Gasteiger partial charge in [-0.1, -0.05) is 71.0 Å². The second kappa shape index (κ2) is 15.8. The van der Waals surface area contributed by atoms with E-state index >= 15 is 0 Å². The average Bonchev–Trinajstić information content (AvgIpc) is 3.15. The summed E-state index contributed by atoms with van der Waals surface area (Å²) in [6.07, 6.45) is -9.57. The molecule has 0 aliphatic rings. The first-order chi connectivity index (χ1) is 25.9. The fourth-order valence-corrected chi connectivity index (χ4v) is 7.60. The molecule has 0 saturated heterocycles. The van der Waals surface area contributed by atoms with Crippen LogP contribution in [-0.4, -0.2) is 48.2 Å². The Morgan fingerprint density at radius 1 is 0.607 bits per heavy atom. The molecule has 1 amide bonds. The number of phenols is 2. The van der Waals surface area contributed by atoms with Crippen LogP contribution in [0.15, 0.2) is 94.7 Å². The summed E-state index contributed by atoms with van der Waals surface area (Å²) < 4.78 is 115. The SMILES string of the molecule is CCC(C)(CC)Nc1ccc(S(=O)(=O)c2ccc(NC(=O)c3ccc(C(c4ccc(C(=O)C(C)(CC)CC)cc4)(C(F)(F)F)C(F)(F)F)cc3)c(O)c2)cc1O. The monoisotopic (exact) mass is 806 g/mol. The van der Waals surface area contributed by atoms with Crippen LogP contribution in [0.2, 0.25) is 0 Å². The molecule has 0 radical (unpaired) electrons. The predicted molar refractivity (Wildman–Crippen MR) is 201 cm³/mol. The highest BCUT2D eigenvalue weighted by Crippen LogP contribution is 2.56. The van der Waals surface area contributed by atoms with Gasteiger partial charge in [0, 0.05) is 34.2 Å². The zero-order valence-corrected chi connectivity index (χ0v) is 32.4. The lowest BCUT2D eigenvalue weighted by atomic mass is 9.72. The van der Waals surface area contributed by atoms with Gasteiger partial charge >= 0.3 is 12.4 Å². The number of amides is 1. The number of sulfone groups is 1. The van der Waals surface area contributed by atoms with Gasteiger partial charge in [0.2, 0.25) is 15.3 Å². The Kier molecular flexibility index (Phi) is 12.3. The van der Waals surface area contributed by atoms with Crippen LogP contribution >= 0.6 is 0 Å². The van der Waals surface area contributed by atoms with Crippen LogP contribution in [0, 0.1) is 5.41 Å². The highest BCUT2D eigenvalue weighted by molar-refractivity contribution is 7.91. The number of halogens is 6. The minimum absolute atomic E-state index is 0.0352. The van der Waals surface area contributed by atoms with Crippen molar-refractivity contribution in [3.8, 4) is 11.5 Å². The first-order valence-corrected chi connectivity index (χ1v) is 19.3. The first-order valence-electron chi connectivity index (χ1n) is 17.8. The van der Waals surface area contributed by atoms with Gasteiger partial charge in [-0.3, -0.25) is 9.59 Å². The maximum atomic E-state index is 14.8. The molecule has 0 heterocycles. The summed E-state index contributed by atoms with van der Waals surface area (Å²) in [6.45, 7) is 11.0. The zero-order valence-electron chi connectivity index (χ0n) is 31.6. The number of anilines is 2. The molecule has 0 aliphatic carbocycles. The van der Waals surface area contributed by atoms with E-state index < -0.39 is 66.5 Å². The van der Waals surface area contributed by atoms with Gasteiger partial charge < -0.3 is 20.8 Å². The molecule has 0 saturated carbocycles. The Bertz CT molecular complexity index is 2160. The van der Waals surface area contributed by atoms with Crippen LogP contribution in [0.4, 0.5) is 37.7 Å². The molecular formula is C41H44F6N2O6S. The zero-order chi connectivity index (χ0) is 42.1. The van der Waals surface area contributed by atoms with Gasteiger partial charge in [0.1, 0.15) is 11.5 Å². The predicted octanol–water partition coefficient (Wildman–Crippen LogP) is 10.6. The van der Waals surface area contributed by atoms with Crippen molar-refractivity contribution in [2.45, 2.75) is 100 Å². The third-order valence-electron chi connectivity index (χ3n) is 10.9. The molecule has 56 heavy (non-hydrogen) atoms. The lowest BCUT2D eigenvalue weighted by Crippen LogP contribution is -2.54. The molecule has 302 valence electrons. The van der Waals surface area contributed by atoms with Gasteiger partial charge in [-0.25, -0.2) is 8.42 Å². The van der Waals surface area contributed by atoms with E-state index in [-0.39, 0.29) is 33.0 Å². The number of ketones is 1. The van der Waals surface area contributed by atoms with E-state index in [2.05, 4.69) is 10.6 Å². The van der Waals surface area contributed by atoms with Crippen molar-refractivity contribution in [3.63, 3.8) is 0 Å². The van der Waals surface area contributed by atoms with Gasteiger partial charge in [0.15, 0.2) is 5.78 Å². The van der Waals surface area contributed by atoms with Gasteiger partial charge in [0.05, 0.1) is 21.2 Å². The summed E-state index contributed by atoms with van der Waals surface area (Å²) in [5, 5.41) is 26.7. The summed E-state index contributed by atoms with van der Waals surface area (Å²) >= 11 is 0. The van der Waals surface area contributed by atoms with E-state index in [4.69, 9.17) is 0 Å². The summed E-state index contributed by atoms with van der Waals surface area (Å²) in [5.74, 6) is -2.49. The van der Waals surface area contributed by atoms with Crippen molar-refractivity contribution in [2.75, 3.05) is 10.6 Å². The van der Waals surface area contributed by atoms with Crippen molar-refractivity contribution in [3.05, 3.63) is 107 Å². The molecule has 0 atom stereocenters. The molecular weight excluding hydrogens is 763 g/mol. The molecule has 8 nitrogen and oxygen atoms in total. The summed E-state index contributed by atoms with van der Waals surface area (Å²) in [5.41, 5.74) is -8.58. The molecule has 0 bridgehead atoms. The number of benzene rings is 4. The number of carbonyl (C=O) groups is 2. The number of hydrogen-bond donors (Lipinski definition) is 4. The third kappa shape index (κ3) is 8.09. The van der Waals surface area contributed by atoms with Crippen LogP contribution in [0.25, 0.3) is 0 Å². The number of carbonyl (C=O) groups excluding carboxylic acids is 2. The minimum atomic E-state index is -5.92. The van der Waals surface area contributed by atoms with Gasteiger partial charge in [0.25, 0.3) is 5.91 Å². The molecule has 4 rings (SSSR count). The highest BCUT2D eigenvalue weighted by atomic mass is 32.2. The fraction of sp³-hybridized carbons (Fsp3) is 0.366. The molecule has 0 unspecified atom stereocenters. The van der Waals surface area contributed by atoms with Gasteiger partial charge in [-0.2, -0.15) is 26.3 Å². The Balaban J connectivity index is 1.62. The van der Waals surface area contributed by atoms with Gasteiger partial charge in [-0.15, -0.1) is 0 Å². The molecule has 0 spiro atoms. The van der Waals surface area contributed by atoms with E-state index in [1.54, 1.807) is 20.8 Å².